The molecule has 4 N–H and O–H groups in total. The molecule has 0 aliphatic carbocycles. The SMILES string of the molecule is CCNC(=O)c1cccc(NC(=O)CN2C[C@@H](N)[C@H](c3ccccc3)C2)c1. The molecule has 0 saturated carbocycles. The molecule has 0 radical (unpaired) electrons. The summed E-state index contributed by atoms with van der Waals surface area (Å²) in [6, 6.07) is 17.2. The van der Waals surface area contributed by atoms with Gasteiger partial charge in [0.05, 0.1) is 6.54 Å². The van der Waals surface area contributed by atoms with Gasteiger partial charge in [0.2, 0.25) is 5.91 Å². The van der Waals surface area contributed by atoms with Gasteiger partial charge >= 0.3 is 0 Å². The van der Waals surface area contributed by atoms with Gasteiger partial charge < -0.3 is 16.4 Å². The maximum atomic E-state index is 12.4. The number of rotatable bonds is 6. The molecule has 2 aromatic rings. The van der Waals surface area contributed by atoms with Crippen molar-refractivity contribution in [3.05, 3.63) is 65.7 Å². The van der Waals surface area contributed by atoms with Crippen molar-refractivity contribution in [3.63, 3.8) is 0 Å². The second kappa shape index (κ2) is 8.79. The molecular formula is C21H26N4O2. The molecule has 0 bridgehead atoms. The van der Waals surface area contributed by atoms with Crippen molar-refractivity contribution >= 4 is 17.5 Å². The molecule has 142 valence electrons. The molecule has 27 heavy (non-hydrogen) atoms. The number of anilines is 1. The number of benzene rings is 2. The molecule has 3 rings (SSSR count). The number of hydrogen-bond donors (Lipinski definition) is 3. The summed E-state index contributed by atoms with van der Waals surface area (Å²) in [5, 5.41) is 5.63. The van der Waals surface area contributed by atoms with Crippen LogP contribution >= 0.6 is 0 Å². The largest absolute Gasteiger partial charge is 0.352 e. The third kappa shape index (κ3) is 4.93. The fraction of sp³-hybridized carbons (Fsp3) is 0.333. The first-order chi connectivity index (χ1) is 13.1. The second-order valence-electron chi connectivity index (χ2n) is 6.86. The lowest BCUT2D eigenvalue weighted by Crippen LogP contribution is -2.33. The van der Waals surface area contributed by atoms with E-state index in [4.69, 9.17) is 5.73 Å². The minimum atomic E-state index is -0.148. The van der Waals surface area contributed by atoms with Crippen LogP contribution in [-0.2, 0) is 4.79 Å². The zero-order chi connectivity index (χ0) is 19.2. The van der Waals surface area contributed by atoms with Crippen LogP contribution in [0.5, 0.6) is 0 Å². The first kappa shape index (κ1) is 19.1. The Labute approximate surface area is 159 Å². The van der Waals surface area contributed by atoms with Gasteiger partial charge in [-0.1, -0.05) is 36.4 Å². The Morgan fingerprint density at radius 3 is 2.63 bits per heavy atom. The maximum absolute atomic E-state index is 12.4. The molecule has 0 unspecified atom stereocenters. The normalized spacial score (nSPS) is 19.6. The van der Waals surface area contributed by atoms with E-state index in [0.717, 1.165) is 6.54 Å². The minimum Gasteiger partial charge on any atom is -0.352 e. The van der Waals surface area contributed by atoms with Crippen LogP contribution in [0, 0.1) is 0 Å². The van der Waals surface area contributed by atoms with Crippen molar-refractivity contribution in [1.29, 1.82) is 0 Å². The monoisotopic (exact) mass is 366 g/mol. The number of amides is 2. The first-order valence-corrected chi connectivity index (χ1v) is 9.28. The van der Waals surface area contributed by atoms with Crippen molar-refractivity contribution in [2.24, 2.45) is 5.73 Å². The molecule has 6 heteroatoms. The van der Waals surface area contributed by atoms with E-state index in [1.54, 1.807) is 24.3 Å². The number of hydrogen-bond acceptors (Lipinski definition) is 4. The summed E-state index contributed by atoms with van der Waals surface area (Å²) in [4.78, 5) is 26.4. The second-order valence-corrected chi connectivity index (χ2v) is 6.86. The van der Waals surface area contributed by atoms with Crippen LogP contribution < -0.4 is 16.4 Å². The van der Waals surface area contributed by atoms with Crippen molar-refractivity contribution in [1.82, 2.24) is 10.2 Å². The van der Waals surface area contributed by atoms with Crippen LogP contribution in [0.2, 0.25) is 0 Å². The van der Waals surface area contributed by atoms with Crippen molar-refractivity contribution in [3.8, 4) is 0 Å². The zero-order valence-electron chi connectivity index (χ0n) is 15.5. The Kier molecular flexibility index (Phi) is 6.21. The number of nitrogens with two attached hydrogens (primary N) is 1. The standard InChI is InChI=1S/C21H26N4O2/c1-2-23-21(27)16-9-6-10-17(11-16)24-20(26)14-25-12-18(19(22)13-25)15-7-4-3-5-8-15/h3-11,18-19H,2,12-14,22H2,1H3,(H,23,27)(H,24,26)/t18-,19+/m0/s1. The van der Waals surface area contributed by atoms with Gasteiger partial charge in [-0.25, -0.2) is 0 Å². The van der Waals surface area contributed by atoms with Gasteiger partial charge in [-0.15, -0.1) is 0 Å². The summed E-state index contributed by atoms with van der Waals surface area (Å²) in [6.45, 7) is 4.16. The molecule has 1 saturated heterocycles. The lowest BCUT2D eigenvalue weighted by Gasteiger charge is -2.16. The van der Waals surface area contributed by atoms with Crippen LogP contribution in [-0.4, -0.2) is 48.9 Å². The molecule has 0 aromatic heterocycles. The zero-order valence-corrected chi connectivity index (χ0v) is 15.5. The smallest absolute Gasteiger partial charge is 0.251 e. The highest BCUT2D eigenvalue weighted by atomic mass is 16.2. The first-order valence-electron chi connectivity index (χ1n) is 9.28. The van der Waals surface area contributed by atoms with Gasteiger partial charge in [0.15, 0.2) is 0 Å². The van der Waals surface area contributed by atoms with Gasteiger partial charge in [-0.3, -0.25) is 14.5 Å². The van der Waals surface area contributed by atoms with Crippen LogP contribution in [0.25, 0.3) is 0 Å². The number of nitrogens with one attached hydrogen (secondary N) is 2. The average Bonchev–Trinajstić information content (AvgIpc) is 3.02. The molecule has 0 spiro atoms. The molecule has 1 fully saturated rings. The third-order valence-electron chi connectivity index (χ3n) is 4.78. The molecule has 1 heterocycles. The minimum absolute atomic E-state index is 0.0151. The highest BCUT2D eigenvalue weighted by molar-refractivity contribution is 5.97. The van der Waals surface area contributed by atoms with Crippen LogP contribution in [0.1, 0.15) is 28.8 Å². The van der Waals surface area contributed by atoms with Crippen molar-refractivity contribution in [2.75, 3.05) is 31.5 Å². The van der Waals surface area contributed by atoms with Crippen LogP contribution in [0.3, 0.4) is 0 Å². The van der Waals surface area contributed by atoms with Gasteiger partial charge in [0.1, 0.15) is 0 Å². The summed E-state index contributed by atoms with van der Waals surface area (Å²) in [7, 11) is 0. The van der Waals surface area contributed by atoms with E-state index < -0.39 is 0 Å². The van der Waals surface area contributed by atoms with E-state index >= 15 is 0 Å². The Morgan fingerprint density at radius 2 is 1.89 bits per heavy atom. The molecule has 2 aromatic carbocycles. The van der Waals surface area contributed by atoms with E-state index in [9.17, 15) is 9.59 Å². The van der Waals surface area contributed by atoms with E-state index in [-0.39, 0.29) is 30.3 Å². The van der Waals surface area contributed by atoms with E-state index in [2.05, 4.69) is 27.7 Å². The third-order valence-corrected chi connectivity index (χ3v) is 4.78. The molecule has 1 aliphatic heterocycles. The number of likely N-dealkylation sites (tertiary alicyclic amines) is 1. The van der Waals surface area contributed by atoms with E-state index in [1.165, 1.54) is 5.56 Å². The van der Waals surface area contributed by atoms with E-state index in [1.807, 2.05) is 25.1 Å². The Balaban J connectivity index is 1.57. The summed E-state index contributed by atoms with van der Waals surface area (Å²) in [5.41, 5.74) is 8.65. The fourth-order valence-electron chi connectivity index (χ4n) is 3.50. The summed E-state index contributed by atoms with van der Waals surface area (Å²) in [5.74, 6) is -0.0196. The predicted molar refractivity (Wildman–Crippen MR) is 107 cm³/mol. The van der Waals surface area contributed by atoms with E-state index in [0.29, 0.717) is 24.3 Å². The highest BCUT2D eigenvalue weighted by Crippen LogP contribution is 2.26. The quantitative estimate of drug-likeness (QED) is 0.727. The van der Waals surface area contributed by atoms with Crippen molar-refractivity contribution in [2.45, 2.75) is 18.9 Å². The summed E-state index contributed by atoms with van der Waals surface area (Å²) < 4.78 is 0. The Morgan fingerprint density at radius 1 is 1.11 bits per heavy atom. The van der Waals surface area contributed by atoms with Gasteiger partial charge in [-0.2, -0.15) is 0 Å². The molecule has 6 nitrogen and oxygen atoms in total. The molecule has 1 aliphatic rings. The predicted octanol–water partition coefficient (Wildman–Crippen LogP) is 1.80. The number of carbonyl (C=O) groups is 2. The molecule has 2 amide bonds. The average molecular weight is 366 g/mol. The highest BCUT2D eigenvalue weighted by Gasteiger charge is 2.31. The molecular weight excluding hydrogens is 340 g/mol. The Hall–Kier alpha value is -2.70. The van der Waals surface area contributed by atoms with Crippen molar-refractivity contribution < 1.29 is 9.59 Å². The van der Waals surface area contributed by atoms with Crippen LogP contribution in [0.15, 0.2) is 54.6 Å². The topological polar surface area (TPSA) is 87.5 Å². The van der Waals surface area contributed by atoms with Gasteiger partial charge in [-0.05, 0) is 30.7 Å². The fourth-order valence-corrected chi connectivity index (χ4v) is 3.50. The van der Waals surface area contributed by atoms with Gasteiger partial charge in [0.25, 0.3) is 5.91 Å². The Bertz CT molecular complexity index is 794. The summed E-state index contributed by atoms with van der Waals surface area (Å²) >= 11 is 0. The molecule has 2 atom stereocenters. The summed E-state index contributed by atoms with van der Waals surface area (Å²) in [6.07, 6.45) is 0. The lowest BCUT2D eigenvalue weighted by molar-refractivity contribution is -0.117. The maximum Gasteiger partial charge on any atom is 0.251 e. The lowest BCUT2D eigenvalue weighted by atomic mass is 9.95. The number of carbonyl (C=O) groups excluding carboxylic acids is 2. The van der Waals surface area contributed by atoms with Crippen LogP contribution in [0.4, 0.5) is 5.69 Å². The number of nitrogens with zero attached hydrogens (tertiary/aromatic N) is 1. The van der Waals surface area contributed by atoms with Gasteiger partial charge in [0, 0.05) is 42.8 Å².